The number of aryl methyl sites for hydroxylation is 2. The number of fused-ring (bicyclic) bond motifs is 1. The summed E-state index contributed by atoms with van der Waals surface area (Å²) in [7, 11) is 1.37. The summed E-state index contributed by atoms with van der Waals surface area (Å²) in [4.78, 5) is 26.4. The summed E-state index contributed by atoms with van der Waals surface area (Å²) in [5.74, 6) is 0.887. The first-order valence-electron chi connectivity index (χ1n) is 11.8. The van der Waals surface area contributed by atoms with Crippen molar-refractivity contribution < 1.29 is 19.1 Å². The Kier molecular flexibility index (Phi) is 8.58. The third kappa shape index (κ3) is 5.71. The van der Waals surface area contributed by atoms with E-state index in [4.69, 9.17) is 21.1 Å². The van der Waals surface area contributed by atoms with Crippen LogP contribution >= 0.6 is 34.7 Å². The van der Waals surface area contributed by atoms with Crippen LogP contribution in [0.4, 0.5) is 5.00 Å². The number of rotatable bonds is 9. The van der Waals surface area contributed by atoms with Crippen molar-refractivity contribution in [3.8, 4) is 5.75 Å². The number of esters is 1. The lowest BCUT2D eigenvalue weighted by Crippen LogP contribution is -2.17. The van der Waals surface area contributed by atoms with Gasteiger partial charge in [0.2, 0.25) is 5.91 Å². The highest BCUT2D eigenvalue weighted by Crippen LogP contribution is 2.38. The number of hydrogen-bond donors (Lipinski definition) is 1. The molecule has 36 heavy (non-hydrogen) atoms. The molecule has 1 amide bonds. The third-order valence-electron chi connectivity index (χ3n) is 6.01. The average molecular weight is 549 g/mol. The molecule has 0 saturated carbocycles. The average Bonchev–Trinajstić information content (AvgIpc) is 3.45. The van der Waals surface area contributed by atoms with Crippen LogP contribution in [0.25, 0.3) is 0 Å². The molecule has 0 radical (unpaired) electrons. The van der Waals surface area contributed by atoms with Crippen molar-refractivity contribution in [2.45, 2.75) is 64.3 Å². The van der Waals surface area contributed by atoms with Crippen molar-refractivity contribution >= 4 is 51.6 Å². The van der Waals surface area contributed by atoms with Gasteiger partial charge in [0.05, 0.1) is 18.4 Å². The molecule has 2 heterocycles. The molecule has 1 aromatic carbocycles. The van der Waals surface area contributed by atoms with Crippen molar-refractivity contribution in [2.75, 3.05) is 18.2 Å². The highest BCUT2D eigenvalue weighted by molar-refractivity contribution is 7.99. The summed E-state index contributed by atoms with van der Waals surface area (Å²) >= 11 is 8.88. The lowest BCUT2D eigenvalue weighted by molar-refractivity contribution is -0.113. The predicted octanol–water partition coefficient (Wildman–Crippen LogP) is 5.86. The molecule has 11 heteroatoms. The third-order valence-corrected chi connectivity index (χ3v) is 8.61. The Labute approximate surface area is 223 Å². The van der Waals surface area contributed by atoms with Crippen LogP contribution in [0.2, 0.25) is 5.02 Å². The van der Waals surface area contributed by atoms with E-state index in [0.29, 0.717) is 38.9 Å². The summed E-state index contributed by atoms with van der Waals surface area (Å²) in [6.07, 6.45) is 3.53. The van der Waals surface area contributed by atoms with E-state index in [1.807, 2.05) is 37.5 Å². The SMILES string of the molecule is CCn1c(SCC(=O)Nc2sc3c(c2C(=O)OC)CCCC3)nnc1C(C)Oc1ccc(Cl)c(C)c1. The number of anilines is 1. The van der Waals surface area contributed by atoms with Crippen molar-refractivity contribution in [1.82, 2.24) is 14.8 Å². The van der Waals surface area contributed by atoms with E-state index in [9.17, 15) is 9.59 Å². The Morgan fingerprint density at radius 1 is 1.28 bits per heavy atom. The number of carbonyl (C=O) groups excluding carboxylic acids is 2. The number of nitrogens with one attached hydrogen (secondary N) is 1. The number of amides is 1. The zero-order chi connectivity index (χ0) is 25.8. The fourth-order valence-corrected chi connectivity index (χ4v) is 6.44. The van der Waals surface area contributed by atoms with Gasteiger partial charge < -0.3 is 19.4 Å². The first kappa shape index (κ1) is 26.5. The molecule has 1 aliphatic rings. The van der Waals surface area contributed by atoms with E-state index < -0.39 is 5.97 Å². The number of methoxy groups -OCH3 is 1. The van der Waals surface area contributed by atoms with Crippen LogP contribution < -0.4 is 10.1 Å². The van der Waals surface area contributed by atoms with Crippen LogP contribution in [-0.4, -0.2) is 39.5 Å². The summed E-state index contributed by atoms with van der Waals surface area (Å²) < 4.78 is 13.0. The highest BCUT2D eigenvalue weighted by Gasteiger charge is 2.27. The van der Waals surface area contributed by atoms with Crippen molar-refractivity contribution in [3.63, 3.8) is 0 Å². The number of thioether (sulfide) groups is 1. The zero-order valence-corrected chi connectivity index (χ0v) is 23.1. The van der Waals surface area contributed by atoms with Crippen LogP contribution in [-0.2, 0) is 28.9 Å². The van der Waals surface area contributed by atoms with Gasteiger partial charge in [0.25, 0.3) is 0 Å². The molecule has 3 aromatic rings. The van der Waals surface area contributed by atoms with Crippen molar-refractivity contribution in [1.29, 1.82) is 0 Å². The van der Waals surface area contributed by atoms with Gasteiger partial charge in [-0.05, 0) is 75.8 Å². The summed E-state index contributed by atoms with van der Waals surface area (Å²) in [5.41, 5.74) is 2.45. The number of hydrogen-bond acceptors (Lipinski definition) is 8. The molecule has 8 nitrogen and oxygen atoms in total. The van der Waals surface area contributed by atoms with Crippen LogP contribution in [0, 0.1) is 6.92 Å². The van der Waals surface area contributed by atoms with Gasteiger partial charge in [-0.15, -0.1) is 21.5 Å². The van der Waals surface area contributed by atoms with Crippen LogP contribution in [0.5, 0.6) is 5.75 Å². The molecule has 192 valence electrons. The van der Waals surface area contributed by atoms with Gasteiger partial charge in [-0.2, -0.15) is 0 Å². The van der Waals surface area contributed by atoms with Gasteiger partial charge in [0.1, 0.15) is 10.8 Å². The minimum atomic E-state index is -0.405. The van der Waals surface area contributed by atoms with Gasteiger partial charge in [-0.25, -0.2) is 4.79 Å². The van der Waals surface area contributed by atoms with E-state index in [0.717, 1.165) is 41.7 Å². The molecular weight excluding hydrogens is 520 g/mol. The number of thiophene rings is 1. The number of nitrogens with zero attached hydrogens (tertiary/aromatic N) is 3. The molecule has 0 fully saturated rings. The Balaban J connectivity index is 1.43. The van der Waals surface area contributed by atoms with Gasteiger partial charge in [0.15, 0.2) is 17.1 Å². The number of halogens is 1. The van der Waals surface area contributed by atoms with Gasteiger partial charge in [-0.3, -0.25) is 4.79 Å². The van der Waals surface area contributed by atoms with E-state index in [1.165, 1.54) is 30.2 Å². The first-order chi connectivity index (χ1) is 17.3. The fraction of sp³-hybridized carbons (Fsp3) is 0.440. The molecule has 4 rings (SSSR count). The fourth-order valence-electron chi connectivity index (χ4n) is 4.22. The summed E-state index contributed by atoms with van der Waals surface area (Å²) in [6.45, 7) is 6.46. The maximum absolute atomic E-state index is 12.8. The molecule has 0 bridgehead atoms. The molecule has 1 atom stereocenters. The minimum Gasteiger partial charge on any atom is -0.483 e. The maximum Gasteiger partial charge on any atom is 0.341 e. The minimum absolute atomic E-state index is 0.132. The van der Waals surface area contributed by atoms with Crippen LogP contribution in [0.1, 0.15) is 65.0 Å². The second-order valence-electron chi connectivity index (χ2n) is 8.50. The number of ether oxygens (including phenoxy) is 2. The molecule has 2 aromatic heterocycles. The van der Waals surface area contributed by atoms with Gasteiger partial charge in [-0.1, -0.05) is 23.4 Å². The molecular formula is C25H29ClN4O4S2. The van der Waals surface area contributed by atoms with Crippen molar-refractivity contribution in [2.24, 2.45) is 0 Å². The van der Waals surface area contributed by atoms with E-state index in [2.05, 4.69) is 15.5 Å². The molecule has 1 N–H and O–H groups in total. The zero-order valence-electron chi connectivity index (χ0n) is 20.7. The largest absolute Gasteiger partial charge is 0.483 e. The Hall–Kier alpha value is -2.56. The maximum atomic E-state index is 12.8. The molecule has 1 unspecified atom stereocenters. The standard InChI is InChI=1S/C25H29ClN4O4S2/c1-5-30-22(15(3)34-16-10-11-18(26)14(2)12-16)28-29-25(30)35-13-20(31)27-23-21(24(32)33-4)17-8-6-7-9-19(17)36-23/h10-12,15H,5-9,13H2,1-4H3,(H,27,31). The summed E-state index contributed by atoms with van der Waals surface area (Å²) in [5, 5.41) is 13.4. The lowest BCUT2D eigenvalue weighted by Gasteiger charge is -2.16. The Bertz CT molecular complexity index is 1270. The monoisotopic (exact) mass is 548 g/mol. The molecule has 0 aliphatic heterocycles. The Morgan fingerprint density at radius 2 is 2.06 bits per heavy atom. The van der Waals surface area contributed by atoms with E-state index >= 15 is 0 Å². The van der Waals surface area contributed by atoms with Crippen LogP contribution in [0.15, 0.2) is 23.4 Å². The predicted molar refractivity (Wildman–Crippen MR) is 143 cm³/mol. The van der Waals surface area contributed by atoms with Gasteiger partial charge in [0, 0.05) is 16.4 Å². The number of benzene rings is 1. The summed E-state index contributed by atoms with van der Waals surface area (Å²) in [6, 6.07) is 5.51. The van der Waals surface area contributed by atoms with E-state index in [1.54, 1.807) is 6.07 Å². The highest BCUT2D eigenvalue weighted by atomic mass is 35.5. The van der Waals surface area contributed by atoms with Gasteiger partial charge >= 0.3 is 5.97 Å². The molecule has 0 saturated heterocycles. The number of aromatic nitrogens is 3. The molecule has 0 spiro atoms. The number of carbonyl (C=O) groups is 2. The second-order valence-corrected chi connectivity index (χ2v) is 11.0. The lowest BCUT2D eigenvalue weighted by atomic mass is 9.95. The van der Waals surface area contributed by atoms with Crippen LogP contribution in [0.3, 0.4) is 0 Å². The normalized spacial score (nSPS) is 13.7. The smallest absolute Gasteiger partial charge is 0.341 e. The first-order valence-corrected chi connectivity index (χ1v) is 14.0. The van der Waals surface area contributed by atoms with E-state index in [-0.39, 0.29) is 17.8 Å². The van der Waals surface area contributed by atoms with Crippen molar-refractivity contribution in [3.05, 3.63) is 50.6 Å². The molecule has 1 aliphatic carbocycles. The Morgan fingerprint density at radius 3 is 2.78 bits per heavy atom. The topological polar surface area (TPSA) is 95.3 Å². The quantitative estimate of drug-likeness (QED) is 0.264. The second kappa shape index (κ2) is 11.7.